The van der Waals surface area contributed by atoms with Gasteiger partial charge in [0.15, 0.2) is 0 Å². The SMILES string of the molecule is Cn1ncc2c1NC(=O)CC2c1cccc2nccnc12. The van der Waals surface area contributed by atoms with Gasteiger partial charge in [0.2, 0.25) is 5.91 Å². The van der Waals surface area contributed by atoms with Crippen LogP contribution in [0.15, 0.2) is 36.8 Å². The number of hydrogen-bond donors (Lipinski definition) is 1. The van der Waals surface area contributed by atoms with E-state index < -0.39 is 0 Å². The number of para-hydroxylation sites is 1. The molecular formula is C15H13N5O. The van der Waals surface area contributed by atoms with Crippen molar-refractivity contribution in [2.24, 2.45) is 7.05 Å². The summed E-state index contributed by atoms with van der Waals surface area (Å²) in [5.41, 5.74) is 3.72. The first-order valence-corrected chi connectivity index (χ1v) is 6.75. The second-order valence-electron chi connectivity index (χ2n) is 5.15. The molecule has 1 unspecified atom stereocenters. The van der Waals surface area contributed by atoms with Crippen LogP contribution in [0.3, 0.4) is 0 Å². The van der Waals surface area contributed by atoms with Crippen LogP contribution >= 0.6 is 0 Å². The van der Waals surface area contributed by atoms with Gasteiger partial charge in [-0.25, -0.2) is 0 Å². The van der Waals surface area contributed by atoms with Crippen molar-refractivity contribution >= 4 is 22.8 Å². The third kappa shape index (κ3) is 1.79. The highest BCUT2D eigenvalue weighted by atomic mass is 16.1. The molecule has 0 radical (unpaired) electrons. The van der Waals surface area contributed by atoms with E-state index in [0.717, 1.165) is 28.0 Å². The molecule has 104 valence electrons. The Labute approximate surface area is 120 Å². The van der Waals surface area contributed by atoms with Crippen LogP contribution in [0.2, 0.25) is 0 Å². The first-order chi connectivity index (χ1) is 10.2. The average molecular weight is 279 g/mol. The van der Waals surface area contributed by atoms with Crippen molar-refractivity contribution in [3.05, 3.63) is 47.9 Å². The van der Waals surface area contributed by atoms with Gasteiger partial charge in [-0.3, -0.25) is 19.4 Å². The lowest BCUT2D eigenvalue weighted by atomic mass is 9.86. The maximum absolute atomic E-state index is 12.0. The molecule has 2 aromatic heterocycles. The van der Waals surface area contributed by atoms with E-state index in [4.69, 9.17) is 0 Å². The molecular weight excluding hydrogens is 266 g/mol. The summed E-state index contributed by atoms with van der Waals surface area (Å²) in [7, 11) is 1.82. The molecule has 1 amide bonds. The van der Waals surface area contributed by atoms with Gasteiger partial charge in [-0.15, -0.1) is 0 Å². The van der Waals surface area contributed by atoms with Crippen molar-refractivity contribution < 1.29 is 4.79 Å². The van der Waals surface area contributed by atoms with Gasteiger partial charge in [-0.05, 0) is 11.6 Å². The number of nitrogens with one attached hydrogen (secondary N) is 1. The Morgan fingerprint density at radius 3 is 3.00 bits per heavy atom. The fourth-order valence-corrected chi connectivity index (χ4v) is 2.91. The Morgan fingerprint density at radius 2 is 2.10 bits per heavy atom. The number of rotatable bonds is 1. The van der Waals surface area contributed by atoms with Crippen molar-refractivity contribution in [1.29, 1.82) is 0 Å². The van der Waals surface area contributed by atoms with Gasteiger partial charge in [-0.1, -0.05) is 12.1 Å². The first-order valence-electron chi connectivity index (χ1n) is 6.75. The van der Waals surface area contributed by atoms with Gasteiger partial charge < -0.3 is 5.32 Å². The molecule has 6 heteroatoms. The second kappa shape index (κ2) is 4.37. The number of aryl methyl sites for hydroxylation is 1. The van der Waals surface area contributed by atoms with Crippen LogP contribution in [0.25, 0.3) is 11.0 Å². The molecule has 1 aliphatic heterocycles. The van der Waals surface area contributed by atoms with E-state index in [1.54, 1.807) is 17.1 Å². The topological polar surface area (TPSA) is 72.7 Å². The van der Waals surface area contributed by atoms with Crippen LogP contribution in [0, 0.1) is 0 Å². The van der Waals surface area contributed by atoms with Crippen molar-refractivity contribution in [3.8, 4) is 0 Å². The summed E-state index contributed by atoms with van der Waals surface area (Å²) in [6, 6.07) is 5.89. The minimum atomic E-state index is -0.0390. The zero-order valence-electron chi connectivity index (χ0n) is 11.4. The fraction of sp³-hybridized carbons (Fsp3) is 0.200. The van der Waals surface area contributed by atoms with Crippen molar-refractivity contribution in [2.45, 2.75) is 12.3 Å². The number of hydrogen-bond acceptors (Lipinski definition) is 4. The molecule has 0 spiro atoms. The van der Waals surface area contributed by atoms with E-state index in [1.165, 1.54) is 0 Å². The van der Waals surface area contributed by atoms with E-state index in [0.29, 0.717) is 6.42 Å². The van der Waals surface area contributed by atoms with Crippen molar-refractivity contribution in [3.63, 3.8) is 0 Å². The molecule has 0 fully saturated rings. The lowest BCUT2D eigenvalue weighted by Crippen LogP contribution is -2.24. The molecule has 1 aromatic carbocycles. The molecule has 0 saturated carbocycles. The third-order valence-electron chi connectivity index (χ3n) is 3.90. The highest BCUT2D eigenvalue weighted by molar-refractivity contribution is 5.95. The maximum atomic E-state index is 12.0. The summed E-state index contributed by atoms with van der Waals surface area (Å²) < 4.78 is 1.69. The third-order valence-corrected chi connectivity index (χ3v) is 3.90. The standard InChI is InChI=1S/C15H13N5O/c1-20-15-11(8-18-20)10(7-13(21)19-15)9-3-2-4-12-14(9)17-6-5-16-12/h2-6,8,10H,7H2,1H3,(H,19,21). The number of amides is 1. The monoisotopic (exact) mass is 279 g/mol. The lowest BCUT2D eigenvalue weighted by Gasteiger charge is -2.23. The highest BCUT2D eigenvalue weighted by Gasteiger charge is 2.30. The minimum Gasteiger partial charge on any atom is -0.311 e. The molecule has 0 aliphatic carbocycles. The number of benzene rings is 1. The van der Waals surface area contributed by atoms with Crippen LogP contribution in [-0.4, -0.2) is 25.7 Å². The predicted molar refractivity (Wildman–Crippen MR) is 77.8 cm³/mol. The van der Waals surface area contributed by atoms with E-state index in [2.05, 4.69) is 20.4 Å². The molecule has 4 rings (SSSR count). The molecule has 3 heterocycles. The van der Waals surface area contributed by atoms with Crippen LogP contribution in [0.1, 0.15) is 23.5 Å². The van der Waals surface area contributed by atoms with Crippen LogP contribution in [0.5, 0.6) is 0 Å². The normalized spacial score (nSPS) is 17.6. The summed E-state index contributed by atoms with van der Waals surface area (Å²) >= 11 is 0. The fourth-order valence-electron chi connectivity index (χ4n) is 2.91. The second-order valence-corrected chi connectivity index (χ2v) is 5.15. The largest absolute Gasteiger partial charge is 0.311 e. The lowest BCUT2D eigenvalue weighted by molar-refractivity contribution is -0.116. The summed E-state index contributed by atoms with van der Waals surface area (Å²) in [4.78, 5) is 20.8. The van der Waals surface area contributed by atoms with E-state index >= 15 is 0 Å². The number of carbonyl (C=O) groups is 1. The van der Waals surface area contributed by atoms with E-state index in [-0.39, 0.29) is 11.8 Å². The van der Waals surface area contributed by atoms with Gasteiger partial charge in [0.1, 0.15) is 5.82 Å². The Morgan fingerprint density at radius 1 is 1.24 bits per heavy atom. The summed E-state index contributed by atoms with van der Waals surface area (Å²) in [5, 5.41) is 7.14. The Bertz CT molecular complexity index is 849. The van der Waals surface area contributed by atoms with Gasteiger partial charge >= 0.3 is 0 Å². The number of carbonyl (C=O) groups excluding carboxylic acids is 1. The Kier molecular flexibility index (Phi) is 2.50. The maximum Gasteiger partial charge on any atom is 0.226 e. The average Bonchev–Trinajstić information content (AvgIpc) is 2.87. The van der Waals surface area contributed by atoms with Gasteiger partial charge in [0.25, 0.3) is 0 Å². The summed E-state index contributed by atoms with van der Waals surface area (Å²) in [5.74, 6) is 0.719. The van der Waals surface area contributed by atoms with Crippen molar-refractivity contribution in [1.82, 2.24) is 19.7 Å². The van der Waals surface area contributed by atoms with E-state index in [9.17, 15) is 4.79 Å². The zero-order valence-corrected chi connectivity index (χ0v) is 11.4. The van der Waals surface area contributed by atoms with Gasteiger partial charge in [0, 0.05) is 37.3 Å². The molecule has 1 aliphatic rings. The molecule has 6 nitrogen and oxygen atoms in total. The molecule has 0 bridgehead atoms. The number of aromatic nitrogens is 4. The quantitative estimate of drug-likeness (QED) is 0.737. The van der Waals surface area contributed by atoms with Crippen molar-refractivity contribution in [2.75, 3.05) is 5.32 Å². The molecule has 21 heavy (non-hydrogen) atoms. The highest BCUT2D eigenvalue weighted by Crippen LogP contribution is 2.38. The number of nitrogens with zero attached hydrogens (tertiary/aromatic N) is 4. The Hall–Kier alpha value is -2.76. The zero-order chi connectivity index (χ0) is 14.4. The first kappa shape index (κ1) is 12.0. The number of fused-ring (bicyclic) bond motifs is 2. The number of anilines is 1. The summed E-state index contributed by atoms with van der Waals surface area (Å²) in [6.07, 6.45) is 5.57. The minimum absolute atomic E-state index is 0.00278. The predicted octanol–water partition coefficient (Wildman–Crippen LogP) is 1.84. The van der Waals surface area contributed by atoms with Crippen LogP contribution in [-0.2, 0) is 11.8 Å². The smallest absolute Gasteiger partial charge is 0.226 e. The van der Waals surface area contributed by atoms with Crippen LogP contribution in [0.4, 0.5) is 5.82 Å². The Balaban J connectivity index is 1.95. The molecule has 3 aromatic rings. The summed E-state index contributed by atoms with van der Waals surface area (Å²) in [6.45, 7) is 0. The van der Waals surface area contributed by atoms with E-state index in [1.807, 2.05) is 31.4 Å². The van der Waals surface area contributed by atoms with Gasteiger partial charge in [-0.2, -0.15) is 5.10 Å². The molecule has 0 saturated heterocycles. The van der Waals surface area contributed by atoms with Crippen LogP contribution < -0.4 is 5.32 Å². The molecule has 1 N–H and O–H groups in total. The molecule has 1 atom stereocenters. The van der Waals surface area contributed by atoms with Gasteiger partial charge in [0.05, 0.1) is 17.2 Å².